The second kappa shape index (κ2) is 3.95. The molecule has 0 amide bonds. The SMILES string of the molecule is CC1(F)CN(C2CCN(C(C)(C)C)CC2)C1. The summed E-state index contributed by atoms with van der Waals surface area (Å²) in [5, 5.41) is 0. The van der Waals surface area contributed by atoms with Crippen LogP contribution in [-0.4, -0.2) is 53.2 Å². The number of hydrogen-bond acceptors (Lipinski definition) is 2. The minimum atomic E-state index is -0.916. The lowest BCUT2D eigenvalue weighted by atomic mass is 9.91. The summed E-state index contributed by atoms with van der Waals surface area (Å²) in [5.41, 5.74) is -0.629. The first-order valence-electron chi connectivity index (χ1n) is 6.46. The molecule has 0 bridgehead atoms. The monoisotopic (exact) mass is 228 g/mol. The van der Waals surface area contributed by atoms with Crippen LogP contribution in [0.1, 0.15) is 40.5 Å². The molecular weight excluding hydrogens is 203 g/mol. The Kier molecular flexibility index (Phi) is 3.04. The van der Waals surface area contributed by atoms with Gasteiger partial charge >= 0.3 is 0 Å². The van der Waals surface area contributed by atoms with Gasteiger partial charge in [-0.15, -0.1) is 0 Å². The van der Waals surface area contributed by atoms with Crippen molar-refractivity contribution in [3.05, 3.63) is 0 Å². The Morgan fingerprint density at radius 1 is 1.12 bits per heavy atom. The molecule has 16 heavy (non-hydrogen) atoms. The minimum Gasteiger partial charge on any atom is -0.298 e. The highest BCUT2D eigenvalue weighted by molar-refractivity contribution is 4.97. The van der Waals surface area contributed by atoms with Gasteiger partial charge in [-0.2, -0.15) is 0 Å². The molecule has 2 aliphatic rings. The lowest BCUT2D eigenvalue weighted by molar-refractivity contribution is -0.0637. The van der Waals surface area contributed by atoms with E-state index in [4.69, 9.17) is 0 Å². The fraction of sp³-hybridized carbons (Fsp3) is 1.00. The molecule has 2 heterocycles. The molecule has 2 aliphatic heterocycles. The van der Waals surface area contributed by atoms with Crippen molar-refractivity contribution in [3.63, 3.8) is 0 Å². The molecule has 0 saturated carbocycles. The molecule has 0 aliphatic carbocycles. The van der Waals surface area contributed by atoms with E-state index >= 15 is 0 Å². The Balaban J connectivity index is 1.78. The van der Waals surface area contributed by atoms with Crippen LogP contribution in [-0.2, 0) is 0 Å². The van der Waals surface area contributed by atoms with E-state index in [9.17, 15) is 4.39 Å². The summed E-state index contributed by atoms with van der Waals surface area (Å²) in [6, 6.07) is 0.627. The summed E-state index contributed by atoms with van der Waals surface area (Å²) in [7, 11) is 0. The fourth-order valence-electron chi connectivity index (χ4n) is 2.96. The number of alkyl halides is 1. The van der Waals surface area contributed by atoms with E-state index in [1.165, 1.54) is 12.8 Å². The van der Waals surface area contributed by atoms with E-state index < -0.39 is 5.67 Å². The van der Waals surface area contributed by atoms with E-state index in [2.05, 4.69) is 30.6 Å². The van der Waals surface area contributed by atoms with Crippen LogP contribution >= 0.6 is 0 Å². The summed E-state index contributed by atoms with van der Waals surface area (Å²) >= 11 is 0. The lowest BCUT2D eigenvalue weighted by Gasteiger charge is -2.50. The average molecular weight is 228 g/mol. The van der Waals surface area contributed by atoms with E-state index in [0.717, 1.165) is 13.1 Å². The van der Waals surface area contributed by atoms with E-state index in [0.29, 0.717) is 19.1 Å². The summed E-state index contributed by atoms with van der Waals surface area (Å²) in [4.78, 5) is 4.86. The third kappa shape index (κ3) is 2.57. The average Bonchev–Trinajstić information content (AvgIpc) is 2.13. The van der Waals surface area contributed by atoms with Crippen LogP contribution < -0.4 is 0 Å². The highest BCUT2D eigenvalue weighted by Crippen LogP contribution is 2.31. The number of halogens is 1. The normalized spacial score (nSPS) is 29.1. The second-order valence-electron chi connectivity index (χ2n) is 6.71. The second-order valence-corrected chi connectivity index (χ2v) is 6.71. The maximum atomic E-state index is 13.4. The first-order chi connectivity index (χ1) is 7.28. The zero-order valence-corrected chi connectivity index (χ0v) is 11.1. The summed E-state index contributed by atoms with van der Waals surface area (Å²) in [6.45, 7) is 12.1. The summed E-state index contributed by atoms with van der Waals surface area (Å²) in [6.07, 6.45) is 2.40. The molecule has 0 N–H and O–H groups in total. The highest BCUT2D eigenvalue weighted by atomic mass is 19.1. The zero-order chi connectivity index (χ0) is 12.0. The number of hydrogen-bond donors (Lipinski definition) is 0. The van der Waals surface area contributed by atoms with E-state index in [1.807, 2.05) is 0 Å². The molecular formula is C13H25FN2. The Hall–Kier alpha value is -0.150. The van der Waals surface area contributed by atoms with Crippen LogP contribution in [0.3, 0.4) is 0 Å². The molecule has 0 aromatic rings. The standard InChI is InChI=1S/C13H25FN2/c1-12(2,3)16-7-5-11(6-8-16)15-9-13(4,14)10-15/h11H,5-10H2,1-4H3. The van der Waals surface area contributed by atoms with Gasteiger partial charge in [0.25, 0.3) is 0 Å². The number of rotatable bonds is 1. The largest absolute Gasteiger partial charge is 0.298 e. The first kappa shape index (κ1) is 12.3. The van der Waals surface area contributed by atoms with Gasteiger partial charge in [-0.3, -0.25) is 9.80 Å². The number of likely N-dealkylation sites (tertiary alicyclic amines) is 2. The number of piperidine rings is 1. The molecule has 0 unspecified atom stereocenters. The van der Waals surface area contributed by atoms with Crippen molar-refractivity contribution in [2.75, 3.05) is 26.2 Å². The summed E-state index contributed by atoms with van der Waals surface area (Å²) in [5.74, 6) is 0. The Bertz CT molecular complexity index is 241. The third-order valence-electron chi connectivity index (χ3n) is 4.00. The van der Waals surface area contributed by atoms with Crippen LogP contribution in [0.4, 0.5) is 4.39 Å². The molecule has 3 heteroatoms. The van der Waals surface area contributed by atoms with Crippen molar-refractivity contribution in [2.24, 2.45) is 0 Å². The Morgan fingerprint density at radius 3 is 2.00 bits per heavy atom. The minimum absolute atomic E-state index is 0.286. The van der Waals surface area contributed by atoms with Crippen molar-refractivity contribution in [2.45, 2.75) is 57.8 Å². The maximum absolute atomic E-state index is 13.4. The Morgan fingerprint density at radius 2 is 1.62 bits per heavy atom. The lowest BCUT2D eigenvalue weighted by Crippen LogP contribution is -2.63. The predicted molar refractivity (Wildman–Crippen MR) is 65.4 cm³/mol. The molecule has 0 atom stereocenters. The highest BCUT2D eigenvalue weighted by Gasteiger charge is 2.43. The zero-order valence-electron chi connectivity index (χ0n) is 11.1. The molecule has 2 nitrogen and oxygen atoms in total. The molecule has 0 aromatic heterocycles. The van der Waals surface area contributed by atoms with Gasteiger partial charge in [-0.1, -0.05) is 0 Å². The van der Waals surface area contributed by atoms with Gasteiger partial charge in [0.2, 0.25) is 0 Å². The maximum Gasteiger partial charge on any atom is 0.133 e. The fourth-order valence-corrected chi connectivity index (χ4v) is 2.96. The van der Waals surface area contributed by atoms with Gasteiger partial charge in [-0.05, 0) is 40.5 Å². The van der Waals surface area contributed by atoms with Crippen LogP contribution in [0.5, 0.6) is 0 Å². The van der Waals surface area contributed by atoms with Gasteiger partial charge in [0.05, 0.1) is 0 Å². The van der Waals surface area contributed by atoms with Crippen molar-refractivity contribution in [1.82, 2.24) is 9.80 Å². The molecule has 94 valence electrons. The summed E-state index contributed by atoms with van der Waals surface area (Å²) < 4.78 is 13.4. The number of nitrogens with zero attached hydrogens (tertiary/aromatic N) is 2. The van der Waals surface area contributed by atoms with Crippen molar-refractivity contribution in [1.29, 1.82) is 0 Å². The van der Waals surface area contributed by atoms with Crippen LogP contribution in [0.2, 0.25) is 0 Å². The molecule has 2 saturated heterocycles. The smallest absolute Gasteiger partial charge is 0.133 e. The van der Waals surface area contributed by atoms with Gasteiger partial charge in [0, 0.05) is 37.8 Å². The van der Waals surface area contributed by atoms with Crippen molar-refractivity contribution in [3.8, 4) is 0 Å². The Labute approximate surface area is 98.8 Å². The molecule has 0 aromatic carbocycles. The molecule has 0 radical (unpaired) electrons. The molecule has 2 fully saturated rings. The van der Waals surface area contributed by atoms with E-state index in [1.54, 1.807) is 6.92 Å². The van der Waals surface area contributed by atoms with Crippen LogP contribution in [0, 0.1) is 0 Å². The van der Waals surface area contributed by atoms with Gasteiger partial charge in [0.1, 0.15) is 5.67 Å². The van der Waals surface area contributed by atoms with Crippen LogP contribution in [0.15, 0.2) is 0 Å². The quantitative estimate of drug-likeness (QED) is 0.679. The first-order valence-corrected chi connectivity index (χ1v) is 6.46. The van der Waals surface area contributed by atoms with Gasteiger partial charge < -0.3 is 0 Å². The topological polar surface area (TPSA) is 6.48 Å². The molecule has 2 rings (SSSR count). The van der Waals surface area contributed by atoms with Crippen molar-refractivity contribution < 1.29 is 4.39 Å². The van der Waals surface area contributed by atoms with Crippen LogP contribution in [0.25, 0.3) is 0 Å². The third-order valence-corrected chi connectivity index (χ3v) is 4.00. The van der Waals surface area contributed by atoms with Gasteiger partial charge in [0.15, 0.2) is 0 Å². The predicted octanol–water partition coefficient (Wildman–Crippen LogP) is 2.29. The van der Waals surface area contributed by atoms with Crippen molar-refractivity contribution >= 4 is 0 Å². The van der Waals surface area contributed by atoms with E-state index in [-0.39, 0.29) is 5.54 Å². The molecule has 0 spiro atoms. The van der Waals surface area contributed by atoms with Gasteiger partial charge in [-0.25, -0.2) is 4.39 Å².